The molecule has 0 aliphatic carbocycles. The molecule has 1 aromatic heterocycles. The highest BCUT2D eigenvalue weighted by molar-refractivity contribution is 14.1. The Morgan fingerprint density at radius 3 is 2.86 bits per heavy atom. The molecule has 78 valence electrons. The van der Waals surface area contributed by atoms with E-state index in [-0.39, 0.29) is 5.91 Å². The first-order chi connectivity index (χ1) is 6.59. The number of rotatable bonds is 4. The molecule has 0 unspecified atom stereocenters. The molecular weight excluding hydrogens is 293 g/mol. The van der Waals surface area contributed by atoms with Crippen LogP contribution < -0.4 is 0 Å². The molecule has 4 nitrogen and oxygen atoms in total. The highest BCUT2D eigenvalue weighted by Crippen LogP contribution is 2.03. The fourth-order valence-electron chi connectivity index (χ4n) is 1.08. The molecule has 0 aromatic carbocycles. The van der Waals surface area contributed by atoms with Crippen LogP contribution in [0.5, 0.6) is 0 Å². The lowest BCUT2D eigenvalue weighted by Gasteiger charge is -2.09. The van der Waals surface area contributed by atoms with Gasteiger partial charge >= 0.3 is 0 Å². The second kappa shape index (κ2) is 5.33. The Kier molecular flexibility index (Phi) is 4.37. The zero-order valence-corrected chi connectivity index (χ0v) is 10.6. The van der Waals surface area contributed by atoms with Crippen molar-refractivity contribution in [3.05, 3.63) is 16.0 Å². The van der Waals surface area contributed by atoms with Crippen LogP contribution in [0.2, 0.25) is 0 Å². The molecule has 0 bridgehead atoms. The monoisotopic (exact) mass is 307 g/mol. The van der Waals surface area contributed by atoms with Gasteiger partial charge in [-0.3, -0.25) is 9.48 Å². The van der Waals surface area contributed by atoms with Crippen LogP contribution in [0.15, 0.2) is 12.4 Å². The third-order valence-electron chi connectivity index (χ3n) is 1.88. The molecule has 5 heteroatoms. The van der Waals surface area contributed by atoms with Crippen molar-refractivity contribution in [2.45, 2.75) is 19.4 Å². The molecule has 0 radical (unpaired) electrons. The second-order valence-corrected chi connectivity index (χ2v) is 4.56. The predicted octanol–water partition coefficient (Wildman–Crippen LogP) is 1.36. The maximum Gasteiger partial charge on any atom is 0.222 e. The van der Waals surface area contributed by atoms with Gasteiger partial charge in [0.2, 0.25) is 5.91 Å². The van der Waals surface area contributed by atoms with Gasteiger partial charge in [0.1, 0.15) is 0 Å². The average molecular weight is 307 g/mol. The molecule has 0 aliphatic heterocycles. The summed E-state index contributed by atoms with van der Waals surface area (Å²) in [6.45, 7) is 0.808. The fraction of sp³-hybridized carbons (Fsp3) is 0.556. The van der Waals surface area contributed by atoms with Crippen LogP contribution in [0, 0.1) is 3.57 Å². The third-order valence-corrected chi connectivity index (χ3v) is 2.44. The molecule has 1 amide bonds. The zero-order chi connectivity index (χ0) is 10.6. The van der Waals surface area contributed by atoms with E-state index in [1.54, 1.807) is 19.0 Å². The average Bonchev–Trinajstić information content (AvgIpc) is 2.51. The van der Waals surface area contributed by atoms with Crippen molar-refractivity contribution in [3.8, 4) is 0 Å². The maximum absolute atomic E-state index is 11.2. The van der Waals surface area contributed by atoms with Crippen LogP contribution in [0.4, 0.5) is 0 Å². The standard InChI is InChI=1S/C9H14IN3O/c1-12(2)9(14)4-3-5-13-7-8(10)6-11-13/h6-7H,3-5H2,1-2H3. The number of carbonyl (C=O) groups is 1. The van der Waals surface area contributed by atoms with Crippen LogP contribution in [-0.4, -0.2) is 34.7 Å². The van der Waals surface area contributed by atoms with Crippen molar-refractivity contribution in [1.29, 1.82) is 0 Å². The lowest BCUT2D eigenvalue weighted by molar-refractivity contribution is -0.128. The molecule has 1 heterocycles. The number of hydrogen-bond acceptors (Lipinski definition) is 2. The van der Waals surface area contributed by atoms with E-state index in [1.165, 1.54) is 0 Å². The highest BCUT2D eigenvalue weighted by Gasteiger charge is 2.03. The van der Waals surface area contributed by atoms with Crippen LogP contribution in [0.25, 0.3) is 0 Å². The minimum absolute atomic E-state index is 0.173. The molecule has 1 rings (SSSR count). The fourth-order valence-corrected chi connectivity index (χ4v) is 1.52. The van der Waals surface area contributed by atoms with E-state index in [9.17, 15) is 4.79 Å². The van der Waals surface area contributed by atoms with Gasteiger partial charge in [-0.1, -0.05) is 0 Å². The Labute approximate surface area is 97.4 Å². The molecule has 0 N–H and O–H groups in total. The summed E-state index contributed by atoms with van der Waals surface area (Å²) in [5.74, 6) is 0.173. The Morgan fingerprint density at radius 1 is 1.64 bits per heavy atom. The van der Waals surface area contributed by atoms with Gasteiger partial charge in [-0.25, -0.2) is 0 Å². The van der Waals surface area contributed by atoms with Crippen molar-refractivity contribution < 1.29 is 4.79 Å². The van der Waals surface area contributed by atoms with E-state index >= 15 is 0 Å². The summed E-state index contributed by atoms with van der Waals surface area (Å²) in [5.41, 5.74) is 0. The zero-order valence-electron chi connectivity index (χ0n) is 8.40. The maximum atomic E-state index is 11.2. The van der Waals surface area contributed by atoms with Gasteiger partial charge in [-0.15, -0.1) is 0 Å². The molecule has 0 saturated carbocycles. The summed E-state index contributed by atoms with van der Waals surface area (Å²) < 4.78 is 2.99. The third kappa shape index (κ3) is 3.65. The number of amides is 1. The van der Waals surface area contributed by atoms with E-state index in [1.807, 2.05) is 17.1 Å². The topological polar surface area (TPSA) is 38.1 Å². The van der Waals surface area contributed by atoms with Crippen LogP contribution in [0.3, 0.4) is 0 Å². The Hall–Kier alpha value is -0.590. The van der Waals surface area contributed by atoms with E-state index in [2.05, 4.69) is 27.7 Å². The van der Waals surface area contributed by atoms with Gasteiger partial charge < -0.3 is 4.90 Å². The van der Waals surface area contributed by atoms with Gasteiger partial charge in [0, 0.05) is 33.3 Å². The lowest BCUT2D eigenvalue weighted by Crippen LogP contribution is -2.21. The van der Waals surface area contributed by atoms with Gasteiger partial charge in [0.25, 0.3) is 0 Å². The molecule has 0 saturated heterocycles. The van der Waals surface area contributed by atoms with Crippen molar-refractivity contribution in [2.75, 3.05) is 14.1 Å². The van der Waals surface area contributed by atoms with Crippen LogP contribution in [-0.2, 0) is 11.3 Å². The number of hydrogen-bond donors (Lipinski definition) is 0. The molecule has 0 aliphatic rings. The normalized spacial score (nSPS) is 10.2. The van der Waals surface area contributed by atoms with E-state index in [0.717, 1.165) is 16.5 Å². The number of carbonyl (C=O) groups excluding carboxylic acids is 1. The van der Waals surface area contributed by atoms with Gasteiger partial charge in [-0.2, -0.15) is 5.10 Å². The Morgan fingerprint density at radius 2 is 2.36 bits per heavy atom. The van der Waals surface area contributed by atoms with Crippen molar-refractivity contribution in [2.24, 2.45) is 0 Å². The smallest absolute Gasteiger partial charge is 0.222 e. The molecule has 0 fully saturated rings. The summed E-state index contributed by atoms with van der Waals surface area (Å²) >= 11 is 2.22. The predicted molar refractivity (Wildman–Crippen MR) is 62.9 cm³/mol. The van der Waals surface area contributed by atoms with Crippen molar-refractivity contribution >= 4 is 28.5 Å². The number of nitrogens with zero attached hydrogens (tertiary/aromatic N) is 3. The van der Waals surface area contributed by atoms with E-state index < -0.39 is 0 Å². The number of halogens is 1. The van der Waals surface area contributed by atoms with Crippen molar-refractivity contribution in [3.63, 3.8) is 0 Å². The summed E-state index contributed by atoms with van der Waals surface area (Å²) in [5, 5.41) is 4.14. The quantitative estimate of drug-likeness (QED) is 0.788. The Balaban J connectivity index is 2.25. The first kappa shape index (κ1) is 11.5. The SMILES string of the molecule is CN(C)C(=O)CCCn1cc(I)cn1. The molecule has 0 atom stereocenters. The van der Waals surface area contributed by atoms with Gasteiger partial charge in [0.15, 0.2) is 0 Å². The first-order valence-electron chi connectivity index (χ1n) is 4.47. The van der Waals surface area contributed by atoms with E-state index in [4.69, 9.17) is 0 Å². The number of aromatic nitrogens is 2. The van der Waals surface area contributed by atoms with Gasteiger partial charge in [0.05, 0.1) is 9.77 Å². The molecule has 14 heavy (non-hydrogen) atoms. The first-order valence-corrected chi connectivity index (χ1v) is 5.55. The largest absolute Gasteiger partial charge is 0.349 e. The molecular formula is C9H14IN3O. The van der Waals surface area contributed by atoms with Crippen LogP contribution in [0.1, 0.15) is 12.8 Å². The second-order valence-electron chi connectivity index (χ2n) is 3.31. The van der Waals surface area contributed by atoms with Crippen LogP contribution >= 0.6 is 22.6 Å². The van der Waals surface area contributed by atoms with Gasteiger partial charge in [-0.05, 0) is 29.0 Å². The summed E-state index contributed by atoms with van der Waals surface area (Å²) in [6.07, 6.45) is 5.22. The molecule has 0 spiro atoms. The highest BCUT2D eigenvalue weighted by atomic mass is 127. The lowest BCUT2D eigenvalue weighted by atomic mass is 10.3. The summed E-state index contributed by atoms with van der Waals surface area (Å²) in [7, 11) is 3.55. The number of aryl methyl sites for hydroxylation is 1. The summed E-state index contributed by atoms with van der Waals surface area (Å²) in [4.78, 5) is 12.9. The Bertz CT molecular complexity index is 309. The van der Waals surface area contributed by atoms with Crippen molar-refractivity contribution in [1.82, 2.24) is 14.7 Å². The minimum atomic E-state index is 0.173. The van der Waals surface area contributed by atoms with E-state index in [0.29, 0.717) is 6.42 Å². The molecule has 1 aromatic rings. The minimum Gasteiger partial charge on any atom is -0.349 e. The summed E-state index contributed by atoms with van der Waals surface area (Å²) in [6, 6.07) is 0.